The summed E-state index contributed by atoms with van der Waals surface area (Å²) < 4.78 is 4.82. The van der Waals surface area contributed by atoms with Crippen molar-refractivity contribution in [2.45, 2.75) is 6.92 Å². The summed E-state index contributed by atoms with van der Waals surface area (Å²) in [6, 6.07) is 13.3. The molecule has 0 aliphatic carbocycles. The van der Waals surface area contributed by atoms with Crippen molar-refractivity contribution in [2.75, 3.05) is 24.8 Å². The van der Waals surface area contributed by atoms with Crippen molar-refractivity contribution >= 4 is 23.0 Å². The van der Waals surface area contributed by atoms with Crippen LogP contribution in [0.2, 0.25) is 0 Å². The van der Waals surface area contributed by atoms with Crippen LogP contribution in [0.5, 0.6) is 0 Å². The highest BCUT2D eigenvalue weighted by atomic mass is 16.5. The van der Waals surface area contributed by atoms with Crippen LogP contribution < -0.4 is 10.6 Å². The van der Waals surface area contributed by atoms with Gasteiger partial charge in [0.25, 0.3) is 0 Å². The number of nitrogens with zero attached hydrogens (tertiary/aromatic N) is 1. The average molecular weight is 270 g/mol. The average Bonchev–Trinajstić information content (AvgIpc) is 2.46. The molecule has 0 aromatic heterocycles. The lowest BCUT2D eigenvalue weighted by Gasteiger charge is -2.22. The van der Waals surface area contributed by atoms with Gasteiger partial charge in [-0.05, 0) is 37.3 Å². The van der Waals surface area contributed by atoms with E-state index < -0.39 is 5.97 Å². The van der Waals surface area contributed by atoms with E-state index in [-0.39, 0.29) is 0 Å². The molecule has 0 aliphatic heterocycles. The van der Waals surface area contributed by atoms with Gasteiger partial charge in [0.15, 0.2) is 0 Å². The number of hydrogen-bond acceptors (Lipinski definition) is 4. The van der Waals surface area contributed by atoms with Gasteiger partial charge in [0, 0.05) is 18.4 Å². The molecule has 0 bridgehead atoms. The van der Waals surface area contributed by atoms with E-state index >= 15 is 0 Å². The zero-order valence-electron chi connectivity index (χ0n) is 11.9. The van der Waals surface area contributed by atoms with Gasteiger partial charge in [-0.2, -0.15) is 0 Å². The quantitative estimate of drug-likeness (QED) is 0.687. The summed E-state index contributed by atoms with van der Waals surface area (Å²) in [6.07, 6.45) is 0. The van der Waals surface area contributed by atoms with Crippen molar-refractivity contribution < 1.29 is 9.53 Å². The Balaban J connectivity index is 2.46. The zero-order chi connectivity index (χ0) is 14.7. The number of ether oxygens (including phenoxy) is 1. The lowest BCUT2D eigenvalue weighted by atomic mass is 10.1. The van der Waals surface area contributed by atoms with Crippen molar-refractivity contribution in [1.82, 2.24) is 0 Å². The Morgan fingerprint density at radius 1 is 1.15 bits per heavy atom. The summed E-state index contributed by atoms with van der Waals surface area (Å²) in [4.78, 5) is 13.8. The molecule has 0 aliphatic rings. The van der Waals surface area contributed by atoms with Gasteiger partial charge in [-0.1, -0.05) is 17.7 Å². The number of benzene rings is 2. The van der Waals surface area contributed by atoms with Crippen LogP contribution in [0.4, 0.5) is 17.1 Å². The highest BCUT2D eigenvalue weighted by Crippen LogP contribution is 2.29. The maximum Gasteiger partial charge on any atom is 0.340 e. The number of methoxy groups -OCH3 is 1. The van der Waals surface area contributed by atoms with Gasteiger partial charge in [-0.25, -0.2) is 4.79 Å². The number of nitrogen functional groups attached to an aromatic ring is 1. The molecule has 2 rings (SSSR count). The van der Waals surface area contributed by atoms with Gasteiger partial charge in [0.05, 0.1) is 18.4 Å². The van der Waals surface area contributed by atoms with Crippen molar-refractivity contribution in [3.8, 4) is 0 Å². The number of aryl methyl sites for hydroxylation is 1. The number of nitrogens with two attached hydrogens (primary N) is 1. The van der Waals surface area contributed by atoms with E-state index in [0.717, 1.165) is 11.4 Å². The first-order chi connectivity index (χ1) is 9.52. The lowest BCUT2D eigenvalue weighted by Crippen LogP contribution is -2.15. The monoisotopic (exact) mass is 270 g/mol. The fourth-order valence-corrected chi connectivity index (χ4v) is 2.03. The van der Waals surface area contributed by atoms with E-state index in [4.69, 9.17) is 10.5 Å². The Hall–Kier alpha value is -2.49. The predicted octanol–water partition coefficient (Wildman–Crippen LogP) is 3.13. The minimum Gasteiger partial charge on any atom is -0.465 e. The molecule has 4 nitrogen and oxygen atoms in total. The van der Waals surface area contributed by atoms with Crippen molar-refractivity contribution in [1.29, 1.82) is 0 Å². The van der Waals surface area contributed by atoms with Crippen molar-refractivity contribution in [2.24, 2.45) is 0 Å². The predicted molar refractivity (Wildman–Crippen MR) is 81.4 cm³/mol. The third kappa shape index (κ3) is 2.74. The molecule has 0 atom stereocenters. The Morgan fingerprint density at radius 2 is 1.80 bits per heavy atom. The van der Waals surface area contributed by atoms with Crippen LogP contribution >= 0.6 is 0 Å². The summed E-state index contributed by atoms with van der Waals surface area (Å²) in [5, 5.41) is 0. The maximum atomic E-state index is 11.9. The molecular formula is C16H18N2O2. The number of carbonyl (C=O) groups excluding carboxylic acids is 1. The van der Waals surface area contributed by atoms with Crippen molar-refractivity contribution in [3.63, 3.8) is 0 Å². The minimum atomic E-state index is -0.397. The van der Waals surface area contributed by atoms with Crippen LogP contribution in [0.1, 0.15) is 15.9 Å². The van der Waals surface area contributed by atoms with Gasteiger partial charge >= 0.3 is 5.97 Å². The number of anilines is 3. The molecule has 104 valence electrons. The van der Waals surface area contributed by atoms with Crippen LogP contribution in [-0.4, -0.2) is 20.1 Å². The van der Waals surface area contributed by atoms with E-state index in [2.05, 4.69) is 0 Å². The molecule has 20 heavy (non-hydrogen) atoms. The first-order valence-electron chi connectivity index (χ1n) is 6.31. The standard InChI is InChI=1S/C16H18N2O2/c1-11-4-7-13(8-5-11)18(2)15-9-6-12(17)10-14(15)16(19)20-3/h4-10H,17H2,1-3H3. The van der Waals surface area contributed by atoms with Crippen LogP contribution in [0.3, 0.4) is 0 Å². The number of esters is 1. The third-order valence-corrected chi connectivity index (χ3v) is 3.21. The second-order valence-electron chi connectivity index (χ2n) is 4.66. The Morgan fingerprint density at radius 3 is 2.40 bits per heavy atom. The molecule has 0 fully saturated rings. The third-order valence-electron chi connectivity index (χ3n) is 3.21. The van der Waals surface area contributed by atoms with E-state index in [0.29, 0.717) is 11.3 Å². The van der Waals surface area contributed by atoms with Crippen molar-refractivity contribution in [3.05, 3.63) is 53.6 Å². The zero-order valence-corrected chi connectivity index (χ0v) is 11.9. The van der Waals surface area contributed by atoms with E-state index in [9.17, 15) is 4.79 Å². The molecule has 2 N–H and O–H groups in total. The maximum absolute atomic E-state index is 11.9. The Bertz CT molecular complexity index is 621. The van der Waals surface area contributed by atoms with E-state index in [1.54, 1.807) is 12.1 Å². The lowest BCUT2D eigenvalue weighted by molar-refractivity contribution is 0.0601. The van der Waals surface area contributed by atoms with Crippen LogP contribution in [0.15, 0.2) is 42.5 Å². The summed E-state index contributed by atoms with van der Waals surface area (Å²) >= 11 is 0. The van der Waals surface area contributed by atoms with E-state index in [1.165, 1.54) is 12.7 Å². The Labute approximate surface area is 118 Å². The van der Waals surface area contributed by atoms with Gasteiger partial charge in [-0.3, -0.25) is 0 Å². The second-order valence-corrected chi connectivity index (χ2v) is 4.66. The number of rotatable bonds is 3. The van der Waals surface area contributed by atoms with Crippen LogP contribution in [0, 0.1) is 6.92 Å². The van der Waals surface area contributed by atoms with Gasteiger partial charge in [-0.15, -0.1) is 0 Å². The van der Waals surface area contributed by atoms with E-state index in [1.807, 2.05) is 49.2 Å². The Kier molecular flexibility index (Phi) is 3.94. The number of hydrogen-bond donors (Lipinski definition) is 1. The molecule has 0 saturated carbocycles. The SMILES string of the molecule is COC(=O)c1cc(N)ccc1N(C)c1ccc(C)cc1. The molecule has 0 heterocycles. The molecule has 2 aromatic carbocycles. The summed E-state index contributed by atoms with van der Waals surface area (Å²) in [5.74, 6) is -0.397. The molecule has 0 saturated heterocycles. The van der Waals surface area contributed by atoms with Crippen LogP contribution in [0.25, 0.3) is 0 Å². The first-order valence-corrected chi connectivity index (χ1v) is 6.31. The van der Waals surface area contributed by atoms with Gasteiger partial charge in [0.2, 0.25) is 0 Å². The molecule has 4 heteroatoms. The second kappa shape index (κ2) is 5.65. The molecule has 0 unspecified atom stereocenters. The minimum absolute atomic E-state index is 0.397. The normalized spacial score (nSPS) is 10.2. The smallest absolute Gasteiger partial charge is 0.340 e. The fourth-order valence-electron chi connectivity index (χ4n) is 2.03. The molecule has 0 spiro atoms. The van der Waals surface area contributed by atoms with Crippen LogP contribution in [-0.2, 0) is 4.74 Å². The largest absolute Gasteiger partial charge is 0.465 e. The molecule has 2 aromatic rings. The summed E-state index contributed by atoms with van der Waals surface area (Å²) in [5.41, 5.74) is 9.68. The number of carbonyl (C=O) groups is 1. The summed E-state index contributed by atoms with van der Waals surface area (Å²) in [7, 11) is 3.27. The molecule has 0 radical (unpaired) electrons. The highest BCUT2D eigenvalue weighted by molar-refractivity contribution is 5.97. The topological polar surface area (TPSA) is 55.6 Å². The fraction of sp³-hybridized carbons (Fsp3) is 0.188. The summed E-state index contributed by atoms with van der Waals surface area (Å²) in [6.45, 7) is 2.03. The van der Waals surface area contributed by atoms with Gasteiger partial charge in [0.1, 0.15) is 0 Å². The molecular weight excluding hydrogens is 252 g/mol. The highest BCUT2D eigenvalue weighted by Gasteiger charge is 2.16. The molecule has 0 amide bonds. The van der Waals surface area contributed by atoms with Gasteiger partial charge < -0.3 is 15.4 Å². The first kappa shape index (κ1) is 13.9.